The number of amides is 1. The van der Waals surface area contributed by atoms with Gasteiger partial charge in [0, 0.05) is 50.0 Å². The first-order valence-electron chi connectivity index (χ1n) is 8.55. The number of nitrogens with zero attached hydrogens (tertiary/aromatic N) is 2. The number of benzene rings is 1. The van der Waals surface area contributed by atoms with Gasteiger partial charge < -0.3 is 19.3 Å². The fourth-order valence-electron chi connectivity index (χ4n) is 3.87. The van der Waals surface area contributed by atoms with Gasteiger partial charge >= 0.3 is 0 Å². The lowest BCUT2D eigenvalue weighted by atomic mass is 10.0. The van der Waals surface area contributed by atoms with Crippen LogP contribution in [0.1, 0.15) is 27.9 Å². The summed E-state index contributed by atoms with van der Waals surface area (Å²) in [6.07, 6.45) is 1.07. The van der Waals surface area contributed by atoms with E-state index in [0.29, 0.717) is 5.92 Å². The molecule has 0 spiro atoms. The summed E-state index contributed by atoms with van der Waals surface area (Å²) < 4.78 is 10.9. The number of morpholine rings is 1. The van der Waals surface area contributed by atoms with Gasteiger partial charge in [0.05, 0.1) is 19.8 Å². The minimum atomic E-state index is 0.182. The van der Waals surface area contributed by atoms with Crippen molar-refractivity contribution in [2.45, 2.75) is 19.9 Å². The molecular weight excluding hydrogens is 292 g/mol. The van der Waals surface area contributed by atoms with Gasteiger partial charge in [0.2, 0.25) is 0 Å². The quantitative estimate of drug-likeness (QED) is 0.853. The third-order valence-electron chi connectivity index (χ3n) is 5.15. The average Bonchev–Trinajstić information content (AvgIpc) is 3.17. The maximum atomic E-state index is 12.8. The first-order valence-corrected chi connectivity index (χ1v) is 8.55. The number of hydrogen-bond donors (Lipinski definition) is 0. The smallest absolute Gasteiger partial charge is 0.254 e. The van der Waals surface area contributed by atoms with Crippen molar-refractivity contribution in [3.8, 4) is 0 Å². The van der Waals surface area contributed by atoms with E-state index in [4.69, 9.17) is 9.47 Å². The third-order valence-corrected chi connectivity index (χ3v) is 5.15. The molecule has 1 atom stereocenters. The van der Waals surface area contributed by atoms with Crippen LogP contribution in [0.4, 0.5) is 5.69 Å². The summed E-state index contributed by atoms with van der Waals surface area (Å²) in [5.74, 6) is 0.675. The van der Waals surface area contributed by atoms with Crippen molar-refractivity contribution >= 4 is 11.6 Å². The minimum absolute atomic E-state index is 0.182. The molecule has 3 aliphatic heterocycles. The maximum absolute atomic E-state index is 12.8. The Hall–Kier alpha value is -1.59. The van der Waals surface area contributed by atoms with Crippen molar-refractivity contribution in [2.75, 3.05) is 51.0 Å². The SMILES string of the molecule is Cc1cc2c(cc1N1CCOCC1)C(=O)N(C[C@H]1CCOC1)C2. The van der Waals surface area contributed by atoms with Crippen molar-refractivity contribution in [3.05, 3.63) is 28.8 Å². The molecule has 0 radical (unpaired) electrons. The van der Waals surface area contributed by atoms with E-state index >= 15 is 0 Å². The van der Waals surface area contributed by atoms with Crippen LogP contribution in [0.5, 0.6) is 0 Å². The zero-order valence-corrected chi connectivity index (χ0v) is 13.7. The highest BCUT2D eigenvalue weighted by Gasteiger charge is 2.31. The minimum Gasteiger partial charge on any atom is -0.381 e. The van der Waals surface area contributed by atoms with Crippen LogP contribution in [0, 0.1) is 12.8 Å². The zero-order valence-electron chi connectivity index (χ0n) is 13.7. The van der Waals surface area contributed by atoms with Gasteiger partial charge in [-0.3, -0.25) is 4.79 Å². The molecule has 1 aromatic rings. The van der Waals surface area contributed by atoms with Gasteiger partial charge in [-0.1, -0.05) is 6.07 Å². The van der Waals surface area contributed by atoms with Crippen LogP contribution in [0.15, 0.2) is 12.1 Å². The first kappa shape index (κ1) is 15.0. The number of carbonyl (C=O) groups excluding carboxylic acids is 1. The van der Waals surface area contributed by atoms with E-state index in [0.717, 1.165) is 64.6 Å². The van der Waals surface area contributed by atoms with E-state index < -0.39 is 0 Å². The van der Waals surface area contributed by atoms with Crippen LogP contribution in [0.2, 0.25) is 0 Å². The summed E-state index contributed by atoms with van der Waals surface area (Å²) in [5, 5.41) is 0. The Labute approximate surface area is 137 Å². The molecular formula is C18H24N2O3. The topological polar surface area (TPSA) is 42.0 Å². The Morgan fingerprint density at radius 3 is 2.74 bits per heavy atom. The highest BCUT2D eigenvalue weighted by molar-refractivity contribution is 5.99. The van der Waals surface area contributed by atoms with E-state index in [1.165, 1.54) is 16.8 Å². The molecule has 4 rings (SSSR count). The van der Waals surface area contributed by atoms with Gasteiger partial charge in [-0.15, -0.1) is 0 Å². The standard InChI is InChI=1S/C18H24N2O3/c1-13-8-15-11-20(10-14-2-5-23-12-14)18(21)16(15)9-17(13)19-3-6-22-7-4-19/h8-9,14H,2-7,10-12H2,1H3/t14-/m1/s1. The van der Waals surface area contributed by atoms with Crippen LogP contribution < -0.4 is 4.90 Å². The monoisotopic (exact) mass is 316 g/mol. The molecule has 2 fully saturated rings. The molecule has 1 amide bonds. The number of rotatable bonds is 3. The summed E-state index contributed by atoms with van der Waals surface area (Å²) >= 11 is 0. The molecule has 5 heteroatoms. The predicted molar refractivity (Wildman–Crippen MR) is 87.9 cm³/mol. The van der Waals surface area contributed by atoms with Crippen LogP contribution in [-0.4, -0.2) is 56.9 Å². The van der Waals surface area contributed by atoms with Crippen molar-refractivity contribution in [1.82, 2.24) is 4.90 Å². The van der Waals surface area contributed by atoms with E-state index in [1.54, 1.807) is 0 Å². The van der Waals surface area contributed by atoms with Crippen molar-refractivity contribution in [2.24, 2.45) is 5.92 Å². The van der Waals surface area contributed by atoms with Crippen molar-refractivity contribution in [3.63, 3.8) is 0 Å². The second-order valence-corrected chi connectivity index (χ2v) is 6.81. The van der Waals surface area contributed by atoms with Crippen LogP contribution in [-0.2, 0) is 16.0 Å². The third kappa shape index (κ3) is 2.83. The van der Waals surface area contributed by atoms with Crippen LogP contribution in [0.3, 0.4) is 0 Å². The summed E-state index contributed by atoms with van der Waals surface area (Å²) in [6.45, 7) is 8.65. The molecule has 2 saturated heterocycles. The molecule has 0 unspecified atom stereocenters. The molecule has 3 aliphatic rings. The normalized spacial score (nSPS) is 24.4. The number of aryl methyl sites for hydroxylation is 1. The molecule has 1 aromatic carbocycles. The average molecular weight is 316 g/mol. The molecule has 3 heterocycles. The van der Waals surface area contributed by atoms with Gasteiger partial charge in [0.1, 0.15) is 0 Å². The maximum Gasteiger partial charge on any atom is 0.254 e. The highest BCUT2D eigenvalue weighted by Crippen LogP contribution is 2.32. The molecule has 5 nitrogen and oxygen atoms in total. The Morgan fingerprint density at radius 2 is 2.00 bits per heavy atom. The highest BCUT2D eigenvalue weighted by atomic mass is 16.5. The lowest BCUT2D eigenvalue weighted by molar-refractivity contribution is 0.0744. The molecule has 0 bridgehead atoms. The predicted octanol–water partition coefficient (Wildman–Crippen LogP) is 1.82. The second-order valence-electron chi connectivity index (χ2n) is 6.81. The zero-order chi connectivity index (χ0) is 15.8. The van der Waals surface area contributed by atoms with E-state index in [-0.39, 0.29) is 5.91 Å². The van der Waals surface area contributed by atoms with Gasteiger partial charge in [-0.25, -0.2) is 0 Å². The van der Waals surface area contributed by atoms with Gasteiger partial charge in [-0.05, 0) is 30.5 Å². The lowest BCUT2D eigenvalue weighted by Crippen LogP contribution is -2.36. The number of anilines is 1. The molecule has 0 saturated carbocycles. The van der Waals surface area contributed by atoms with Gasteiger partial charge in [0.15, 0.2) is 0 Å². The molecule has 23 heavy (non-hydrogen) atoms. The Bertz CT molecular complexity index is 605. The number of ether oxygens (including phenoxy) is 2. The summed E-state index contributed by atoms with van der Waals surface area (Å²) in [4.78, 5) is 17.1. The first-order chi connectivity index (χ1) is 11.2. The Balaban J connectivity index is 1.55. The molecule has 124 valence electrons. The van der Waals surface area contributed by atoms with Gasteiger partial charge in [-0.2, -0.15) is 0 Å². The lowest BCUT2D eigenvalue weighted by Gasteiger charge is -2.30. The van der Waals surface area contributed by atoms with Crippen molar-refractivity contribution in [1.29, 1.82) is 0 Å². The van der Waals surface area contributed by atoms with Crippen molar-refractivity contribution < 1.29 is 14.3 Å². The summed E-state index contributed by atoms with van der Waals surface area (Å²) in [5.41, 5.74) is 4.50. The van der Waals surface area contributed by atoms with Crippen LogP contribution in [0.25, 0.3) is 0 Å². The fraction of sp³-hybridized carbons (Fsp3) is 0.611. The van der Waals surface area contributed by atoms with E-state index in [1.807, 2.05) is 4.90 Å². The molecule has 0 aliphatic carbocycles. The van der Waals surface area contributed by atoms with E-state index in [2.05, 4.69) is 24.0 Å². The largest absolute Gasteiger partial charge is 0.381 e. The van der Waals surface area contributed by atoms with Crippen LogP contribution >= 0.6 is 0 Å². The van der Waals surface area contributed by atoms with Gasteiger partial charge in [0.25, 0.3) is 5.91 Å². The number of fused-ring (bicyclic) bond motifs is 1. The number of hydrogen-bond acceptors (Lipinski definition) is 4. The number of carbonyl (C=O) groups is 1. The van der Waals surface area contributed by atoms with E-state index in [9.17, 15) is 4.79 Å². The fourth-order valence-corrected chi connectivity index (χ4v) is 3.87. The summed E-state index contributed by atoms with van der Waals surface area (Å²) in [7, 11) is 0. The second kappa shape index (κ2) is 6.13. The summed E-state index contributed by atoms with van der Waals surface area (Å²) in [6, 6.07) is 4.30. The molecule has 0 aromatic heterocycles. The Morgan fingerprint density at radius 1 is 1.17 bits per heavy atom. The molecule has 0 N–H and O–H groups in total. The Kier molecular flexibility index (Phi) is 3.99.